The Morgan fingerprint density at radius 1 is 1.45 bits per heavy atom. The molecule has 1 heterocycles. The number of carbonyl (C=O) groups excluding carboxylic acids is 2. The van der Waals surface area contributed by atoms with Gasteiger partial charge < -0.3 is 19.7 Å². The van der Waals surface area contributed by atoms with Gasteiger partial charge in [-0.3, -0.25) is 10.1 Å². The van der Waals surface area contributed by atoms with Crippen molar-refractivity contribution < 1.29 is 24.2 Å². The number of urea groups is 1. The van der Waals surface area contributed by atoms with Crippen LogP contribution in [0.3, 0.4) is 0 Å². The predicted molar refractivity (Wildman–Crippen MR) is 64.5 cm³/mol. The summed E-state index contributed by atoms with van der Waals surface area (Å²) < 4.78 is 6.16. The molecule has 0 aromatic carbocycles. The highest BCUT2D eigenvalue weighted by atomic mass is 16.5. The number of carbonyl (C=O) groups is 3. The summed E-state index contributed by atoms with van der Waals surface area (Å²) in [6.07, 6.45) is 1.48. The van der Waals surface area contributed by atoms with Crippen LogP contribution in [0.2, 0.25) is 0 Å². The maximum absolute atomic E-state index is 11.5. The molecule has 0 saturated heterocycles. The average molecular weight is 285 g/mol. The standard InChI is InChI=1S/C10H15N5O5/c1-6(9-14-11-5-15(9)2)12-10(19)13-7(16)3-20-4-8(17)18/h5-6H,3-4H2,1-2H3,(H,17,18)(H2,12,13,16,19). The zero-order chi connectivity index (χ0) is 15.1. The third-order valence-electron chi connectivity index (χ3n) is 2.19. The van der Waals surface area contributed by atoms with E-state index in [1.807, 2.05) is 5.32 Å². The van der Waals surface area contributed by atoms with Crippen LogP contribution in [0.1, 0.15) is 18.8 Å². The number of hydrogen-bond acceptors (Lipinski definition) is 6. The number of aliphatic carboxylic acids is 1. The van der Waals surface area contributed by atoms with Gasteiger partial charge in [0.15, 0.2) is 5.82 Å². The third kappa shape index (κ3) is 5.02. The Morgan fingerprint density at radius 3 is 2.70 bits per heavy atom. The molecule has 0 spiro atoms. The summed E-state index contributed by atoms with van der Waals surface area (Å²) in [6, 6.07) is -1.18. The molecule has 0 bridgehead atoms. The topological polar surface area (TPSA) is 135 Å². The molecule has 10 heteroatoms. The molecule has 0 saturated carbocycles. The van der Waals surface area contributed by atoms with Crippen LogP contribution in [-0.4, -0.2) is 51.0 Å². The van der Waals surface area contributed by atoms with Crippen molar-refractivity contribution in [1.29, 1.82) is 0 Å². The van der Waals surface area contributed by atoms with Crippen molar-refractivity contribution in [1.82, 2.24) is 25.4 Å². The number of aromatic nitrogens is 3. The van der Waals surface area contributed by atoms with Gasteiger partial charge in [-0.15, -0.1) is 10.2 Å². The number of carboxylic acid groups (broad SMARTS) is 1. The summed E-state index contributed by atoms with van der Waals surface area (Å²) in [5.41, 5.74) is 0. The molecule has 3 N–H and O–H groups in total. The molecule has 1 rings (SSSR count). The molecule has 0 aliphatic carbocycles. The Hall–Kier alpha value is -2.49. The lowest BCUT2D eigenvalue weighted by Crippen LogP contribution is -2.42. The molecule has 3 amide bonds. The van der Waals surface area contributed by atoms with Crippen molar-refractivity contribution in [3.63, 3.8) is 0 Å². The van der Waals surface area contributed by atoms with E-state index in [9.17, 15) is 14.4 Å². The minimum Gasteiger partial charge on any atom is -0.480 e. The molecule has 0 aliphatic heterocycles. The van der Waals surface area contributed by atoms with Crippen LogP contribution >= 0.6 is 0 Å². The molecule has 1 atom stereocenters. The minimum atomic E-state index is -1.20. The number of aryl methyl sites for hydroxylation is 1. The summed E-state index contributed by atoms with van der Waals surface area (Å²) in [5, 5.41) is 20.3. The molecule has 110 valence electrons. The first kappa shape index (κ1) is 15.6. The Kier molecular flexibility index (Phi) is 5.59. The Bertz CT molecular complexity index is 500. The van der Waals surface area contributed by atoms with E-state index in [0.29, 0.717) is 5.82 Å². The quantitative estimate of drug-likeness (QED) is 0.597. The number of ether oxygens (including phenoxy) is 1. The van der Waals surface area contributed by atoms with Gasteiger partial charge in [-0.25, -0.2) is 9.59 Å². The van der Waals surface area contributed by atoms with Gasteiger partial charge in [-0.2, -0.15) is 0 Å². The zero-order valence-electron chi connectivity index (χ0n) is 11.0. The molecule has 0 radical (unpaired) electrons. The van der Waals surface area contributed by atoms with Crippen LogP contribution in [0.25, 0.3) is 0 Å². The van der Waals surface area contributed by atoms with E-state index in [0.717, 1.165) is 0 Å². The van der Waals surface area contributed by atoms with Crippen molar-refractivity contribution in [2.24, 2.45) is 7.05 Å². The molecule has 1 aromatic heterocycles. The lowest BCUT2D eigenvalue weighted by atomic mass is 10.3. The summed E-state index contributed by atoms with van der Waals surface area (Å²) >= 11 is 0. The van der Waals surface area contributed by atoms with Crippen molar-refractivity contribution in [3.8, 4) is 0 Å². The van der Waals surface area contributed by atoms with E-state index < -0.39 is 37.2 Å². The normalized spacial score (nSPS) is 11.7. The summed E-state index contributed by atoms with van der Waals surface area (Å²) in [7, 11) is 1.72. The third-order valence-corrected chi connectivity index (χ3v) is 2.19. The first-order valence-corrected chi connectivity index (χ1v) is 5.64. The van der Waals surface area contributed by atoms with Gasteiger partial charge in [-0.1, -0.05) is 0 Å². The van der Waals surface area contributed by atoms with E-state index in [-0.39, 0.29) is 0 Å². The lowest BCUT2D eigenvalue weighted by molar-refractivity contribution is -0.143. The second kappa shape index (κ2) is 7.19. The second-order valence-corrected chi connectivity index (χ2v) is 3.93. The molecule has 1 unspecified atom stereocenters. The SMILES string of the molecule is CC(NC(=O)NC(=O)COCC(=O)O)c1nncn1C. The summed E-state index contributed by atoms with van der Waals surface area (Å²) in [6.45, 7) is 0.553. The highest BCUT2D eigenvalue weighted by molar-refractivity contribution is 5.95. The van der Waals surface area contributed by atoms with Crippen molar-refractivity contribution >= 4 is 17.9 Å². The van der Waals surface area contributed by atoms with Crippen LogP contribution in [0.5, 0.6) is 0 Å². The predicted octanol–water partition coefficient (Wildman–Crippen LogP) is -1.20. The van der Waals surface area contributed by atoms with Crippen molar-refractivity contribution in [3.05, 3.63) is 12.2 Å². The number of amides is 3. The molecule has 20 heavy (non-hydrogen) atoms. The monoisotopic (exact) mass is 285 g/mol. The molecular weight excluding hydrogens is 270 g/mol. The van der Waals surface area contributed by atoms with Gasteiger partial charge in [0.2, 0.25) is 0 Å². The number of nitrogens with zero attached hydrogens (tertiary/aromatic N) is 3. The molecule has 0 fully saturated rings. The number of rotatable bonds is 6. The van der Waals surface area contributed by atoms with E-state index >= 15 is 0 Å². The number of imide groups is 1. The zero-order valence-corrected chi connectivity index (χ0v) is 11.0. The number of carboxylic acids is 1. The summed E-state index contributed by atoms with van der Waals surface area (Å²) in [5.74, 6) is -1.42. The maximum atomic E-state index is 11.5. The van der Waals surface area contributed by atoms with E-state index in [4.69, 9.17) is 5.11 Å². The van der Waals surface area contributed by atoms with E-state index in [1.165, 1.54) is 6.33 Å². The van der Waals surface area contributed by atoms with Gasteiger partial charge >= 0.3 is 12.0 Å². The van der Waals surface area contributed by atoms with Gasteiger partial charge in [0.05, 0.1) is 6.04 Å². The van der Waals surface area contributed by atoms with Crippen LogP contribution in [0, 0.1) is 0 Å². The van der Waals surface area contributed by atoms with Crippen molar-refractivity contribution in [2.45, 2.75) is 13.0 Å². The minimum absolute atomic E-state index is 0.449. The molecule has 1 aromatic rings. The van der Waals surface area contributed by atoms with Gasteiger partial charge in [0, 0.05) is 7.05 Å². The number of hydrogen-bond donors (Lipinski definition) is 3. The largest absolute Gasteiger partial charge is 0.480 e. The Labute approximate surface area is 114 Å². The highest BCUT2D eigenvalue weighted by Gasteiger charge is 2.15. The van der Waals surface area contributed by atoms with Crippen LogP contribution in [-0.2, 0) is 21.4 Å². The number of nitrogens with one attached hydrogen (secondary N) is 2. The second-order valence-electron chi connectivity index (χ2n) is 3.93. The van der Waals surface area contributed by atoms with Gasteiger partial charge in [0.1, 0.15) is 19.5 Å². The van der Waals surface area contributed by atoms with E-state index in [1.54, 1.807) is 18.5 Å². The van der Waals surface area contributed by atoms with E-state index in [2.05, 4.69) is 20.3 Å². The smallest absolute Gasteiger partial charge is 0.329 e. The Morgan fingerprint density at radius 2 is 2.15 bits per heavy atom. The molecular formula is C10H15N5O5. The highest BCUT2D eigenvalue weighted by Crippen LogP contribution is 2.06. The summed E-state index contributed by atoms with van der Waals surface area (Å²) in [4.78, 5) is 32.9. The Balaban J connectivity index is 2.34. The fourth-order valence-corrected chi connectivity index (χ4v) is 1.38. The fourth-order valence-electron chi connectivity index (χ4n) is 1.38. The first-order valence-electron chi connectivity index (χ1n) is 5.64. The lowest BCUT2D eigenvalue weighted by Gasteiger charge is -2.13. The van der Waals surface area contributed by atoms with Gasteiger partial charge in [0.25, 0.3) is 5.91 Å². The van der Waals surface area contributed by atoms with Crippen LogP contribution in [0.4, 0.5) is 4.79 Å². The van der Waals surface area contributed by atoms with Crippen LogP contribution in [0.15, 0.2) is 6.33 Å². The molecule has 0 aliphatic rings. The maximum Gasteiger partial charge on any atom is 0.329 e. The average Bonchev–Trinajstić information content (AvgIpc) is 2.74. The first-order chi connectivity index (χ1) is 9.40. The van der Waals surface area contributed by atoms with Gasteiger partial charge in [-0.05, 0) is 6.92 Å². The van der Waals surface area contributed by atoms with Crippen molar-refractivity contribution in [2.75, 3.05) is 13.2 Å². The molecule has 10 nitrogen and oxygen atoms in total. The van der Waals surface area contributed by atoms with Crippen LogP contribution < -0.4 is 10.6 Å². The fraction of sp³-hybridized carbons (Fsp3) is 0.500.